The number of nitrogens with zero attached hydrogens (tertiary/aromatic N) is 1. The molecule has 0 saturated carbocycles. The number of aromatic hydroxyl groups is 1. The summed E-state index contributed by atoms with van der Waals surface area (Å²) in [6.45, 7) is 7.80. The summed E-state index contributed by atoms with van der Waals surface area (Å²) in [6, 6.07) is 1.72. The molecule has 1 aliphatic heterocycles. The van der Waals surface area contributed by atoms with Crippen LogP contribution < -0.4 is 4.90 Å². The van der Waals surface area contributed by atoms with E-state index in [1.807, 2.05) is 0 Å². The van der Waals surface area contributed by atoms with E-state index in [4.69, 9.17) is 0 Å². The summed E-state index contributed by atoms with van der Waals surface area (Å²) in [5.74, 6) is 0.373. The Morgan fingerprint density at radius 2 is 2.18 bits per heavy atom. The van der Waals surface area contributed by atoms with E-state index in [1.54, 1.807) is 13.0 Å². The Kier molecular flexibility index (Phi) is 3.27. The van der Waals surface area contributed by atoms with Crippen LogP contribution in [-0.2, 0) is 6.42 Å². The third-order valence-electron chi connectivity index (χ3n) is 3.34. The van der Waals surface area contributed by atoms with Crippen LogP contribution in [0.2, 0.25) is 0 Å². The highest BCUT2D eigenvalue weighted by Crippen LogP contribution is 2.35. The summed E-state index contributed by atoms with van der Waals surface area (Å²) in [5, 5.41) is 9.74. The van der Waals surface area contributed by atoms with E-state index in [2.05, 4.69) is 18.7 Å². The minimum absolute atomic E-state index is 0.0666. The third kappa shape index (κ3) is 2.24. The highest BCUT2D eigenvalue weighted by Gasteiger charge is 2.23. The molecule has 17 heavy (non-hydrogen) atoms. The van der Waals surface area contributed by atoms with Gasteiger partial charge >= 0.3 is 0 Å². The number of rotatable bonds is 2. The highest BCUT2D eigenvalue weighted by molar-refractivity contribution is 5.61. The van der Waals surface area contributed by atoms with Gasteiger partial charge in [-0.3, -0.25) is 0 Å². The van der Waals surface area contributed by atoms with Gasteiger partial charge in [-0.25, -0.2) is 4.39 Å². The average molecular weight is 237 g/mol. The minimum atomic E-state index is -0.228. The number of hydrogen-bond acceptors (Lipinski definition) is 2. The van der Waals surface area contributed by atoms with Gasteiger partial charge < -0.3 is 10.0 Å². The molecule has 1 aromatic rings. The van der Waals surface area contributed by atoms with Gasteiger partial charge in [-0.1, -0.05) is 13.8 Å². The molecule has 0 fully saturated rings. The lowest BCUT2D eigenvalue weighted by Crippen LogP contribution is -2.33. The second-order valence-corrected chi connectivity index (χ2v) is 5.28. The maximum Gasteiger partial charge on any atom is 0.135 e. The lowest BCUT2D eigenvalue weighted by atomic mass is 9.97. The largest absolute Gasteiger partial charge is 0.507 e. The molecule has 1 heterocycles. The van der Waals surface area contributed by atoms with E-state index >= 15 is 0 Å². The van der Waals surface area contributed by atoms with Crippen LogP contribution in [0, 0.1) is 18.7 Å². The molecule has 0 aromatic heterocycles. The van der Waals surface area contributed by atoms with Crippen molar-refractivity contribution in [1.82, 2.24) is 0 Å². The van der Waals surface area contributed by atoms with E-state index in [0.717, 1.165) is 37.2 Å². The zero-order valence-electron chi connectivity index (χ0n) is 10.8. The fourth-order valence-corrected chi connectivity index (χ4v) is 2.49. The monoisotopic (exact) mass is 237 g/mol. The Bertz CT molecular complexity index is 429. The molecule has 2 nitrogen and oxygen atoms in total. The zero-order valence-corrected chi connectivity index (χ0v) is 10.8. The van der Waals surface area contributed by atoms with Crippen molar-refractivity contribution in [3.63, 3.8) is 0 Å². The lowest BCUT2D eigenvalue weighted by molar-refractivity contribution is 0.458. The number of fused-ring (bicyclic) bond motifs is 1. The molecule has 0 aliphatic carbocycles. The van der Waals surface area contributed by atoms with Gasteiger partial charge in [0.05, 0.1) is 0 Å². The van der Waals surface area contributed by atoms with Crippen LogP contribution >= 0.6 is 0 Å². The Morgan fingerprint density at radius 1 is 1.47 bits per heavy atom. The Hall–Kier alpha value is -1.25. The van der Waals surface area contributed by atoms with Crippen molar-refractivity contribution in [2.45, 2.75) is 33.6 Å². The molecule has 3 heteroatoms. The number of phenolic OH excluding ortho intramolecular Hbond substituents is 1. The van der Waals surface area contributed by atoms with Gasteiger partial charge in [0.2, 0.25) is 0 Å². The van der Waals surface area contributed by atoms with Crippen LogP contribution in [-0.4, -0.2) is 18.2 Å². The normalized spacial score (nSPS) is 15.2. The van der Waals surface area contributed by atoms with Gasteiger partial charge in [-0.2, -0.15) is 0 Å². The van der Waals surface area contributed by atoms with Crippen molar-refractivity contribution in [3.05, 3.63) is 23.0 Å². The SMILES string of the molecule is Cc1c(O)cc2c(c1F)CCCN2CC(C)C. The third-order valence-corrected chi connectivity index (χ3v) is 3.34. The zero-order chi connectivity index (χ0) is 12.6. The van der Waals surface area contributed by atoms with Crippen molar-refractivity contribution in [3.8, 4) is 5.75 Å². The molecule has 1 aliphatic rings. The van der Waals surface area contributed by atoms with E-state index in [1.165, 1.54) is 0 Å². The van der Waals surface area contributed by atoms with Crippen LogP contribution in [0.3, 0.4) is 0 Å². The van der Waals surface area contributed by atoms with Crippen molar-refractivity contribution < 1.29 is 9.50 Å². The van der Waals surface area contributed by atoms with Crippen LogP contribution in [0.5, 0.6) is 5.75 Å². The topological polar surface area (TPSA) is 23.5 Å². The quantitative estimate of drug-likeness (QED) is 0.853. The van der Waals surface area contributed by atoms with Gasteiger partial charge in [-0.05, 0) is 25.7 Å². The molecule has 0 atom stereocenters. The van der Waals surface area contributed by atoms with Gasteiger partial charge in [0, 0.05) is 36.0 Å². The number of halogens is 1. The maximum atomic E-state index is 14.1. The molecular formula is C14H20FNO. The van der Waals surface area contributed by atoms with Crippen LogP contribution in [0.25, 0.3) is 0 Å². The predicted octanol–water partition coefficient (Wildman–Crippen LogP) is 3.25. The first-order chi connectivity index (χ1) is 8.00. The molecule has 0 saturated heterocycles. The lowest BCUT2D eigenvalue weighted by Gasteiger charge is -2.33. The molecule has 0 bridgehead atoms. The fraction of sp³-hybridized carbons (Fsp3) is 0.571. The first kappa shape index (κ1) is 12.2. The molecule has 0 spiro atoms. The summed E-state index contributed by atoms with van der Waals surface area (Å²) < 4.78 is 14.1. The number of benzene rings is 1. The van der Waals surface area contributed by atoms with Crippen LogP contribution in [0.4, 0.5) is 10.1 Å². The molecule has 0 amide bonds. The summed E-state index contributed by atoms with van der Waals surface area (Å²) >= 11 is 0. The fourth-order valence-electron chi connectivity index (χ4n) is 2.49. The molecule has 2 rings (SSSR count). The van der Waals surface area contributed by atoms with Crippen molar-refractivity contribution in [1.29, 1.82) is 0 Å². The average Bonchev–Trinajstić information content (AvgIpc) is 2.27. The Labute approximate surface area is 102 Å². The molecule has 1 N–H and O–H groups in total. The Balaban J connectivity index is 2.44. The Morgan fingerprint density at radius 3 is 2.82 bits per heavy atom. The summed E-state index contributed by atoms with van der Waals surface area (Å²) in [7, 11) is 0. The van der Waals surface area contributed by atoms with Crippen LogP contribution in [0.15, 0.2) is 6.07 Å². The molecule has 0 unspecified atom stereocenters. The van der Waals surface area contributed by atoms with Gasteiger partial charge in [0.15, 0.2) is 0 Å². The summed E-state index contributed by atoms with van der Waals surface area (Å²) in [5.41, 5.74) is 2.02. The number of anilines is 1. The smallest absolute Gasteiger partial charge is 0.135 e. The van der Waals surface area contributed by atoms with Crippen molar-refractivity contribution in [2.75, 3.05) is 18.0 Å². The predicted molar refractivity (Wildman–Crippen MR) is 68.2 cm³/mol. The van der Waals surface area contributed by atoms with E-state index < -0.39 is 0 Å². The van der Waals surface area contributed by atoms with E-state index in [0.29, 0.717) is 11.5 Å². The molecular weight excluding hydrogens is 217 g/mol. The highest BCUT2D eigenvalue weighted by atomic mass is 19.1. The van der Waals surface area contributed by atoms with E-state index in [9.17, 15) is 9.50 Å². The molecule has 94 valence electrons. The number of hydrogen-bond donors (Lipinski definition) is 1. The van der Waals surface area contributed by atoms with Crippen molar-refractivity contribution >= 4 is 5.69 Å². The minimum Gasteiger partial charge on any atom is -0.507 e. The van der Waals surface area contributed by atoms with Gasteiger partial charge in [-0.15, -0.1) is 0 Å². The van der Waals surface area contributed by atoms with Crippen molar-refractivity contribution in [2.24, 2.45) is 5.92 Å². The molecule has 0 radical (unpaired) electrons. The van der Waals surface area contributed by atoms with Gasteiger partial charge in [0.25, 0.3) is 0 Å². The maximum absolute atomic E-state index is 14.1. The van der Waals surface area contributed by atoms with Gasteiger partial charge in [0.1, 0.15) is 11.6 Å². The first-order valence-electron chi connectivity index (χ1n) is 6.26. The number of phenols is 1. The second kappa shape index (κ2) is 4.55. The van der Waals surface area contributed by atoms with Crippen LogP contribution in [0.1, 0.15) is 31.4 Å². The summed E-state index contributed by atoms with van der Waals surface area (Å²) in [4.78, 5) is 2.19. The first-order valence-corrected chi connectivity index (χ1v) is 6.26. The summed E-state index contributed by atoms with van der Waals surface area (Å²) in [6.07, 6.45) is 1.76. The molecule has 1 aromatic carbocycles. The standard InChI is InChI=1S/C14H20FNO/c1-9(2)8-16-6-4-5-11-12(16)7-13(17)10(3)14(11)15/h7,9,17H,4-6,8H2,1-3H3. The van der Waals surface area contributed by atoms with E-state index in [-0.39, 0.29) is 11.6 Å². The second-order valence-electron chi connectivity index (χ2n) is 5.28.